The summed E-state index contributed by atoms with van der Waals surface area (Å²) in [7, 11) is 3.39. The fourth-order valence-electron chi connectivity index (χ4n) is 2.44. The second-order valence-corrected chi connectivity index (χ2v) is 5.07. The molecule has 0 aromatic heterocycles. The van der Waals surface area contributed by atoms with Crippen molar-refractivity contribution >= 4 is 17.1 Å². The third-order valence-corrected chi connectivity index (χ3v) is 3.94. The second kappa shape index (κ2) is 3.80. The maximum atomic E-state index is 11.0. The molecule has 1 aliphatic rings. The summed E-state index contributed by atoms with van der Waals surface area (Å²) >= 11 is 0. The summed E-state index contributed by atoms with van der Waals surface area (Å²) in [6, 6.07) is 3.37. The fraction of sp³-hybridized carbons (Fsp3) is 0.462. The number of fused-ring (bicyclic) bond motifs is 1. The molecule has 96 valence electrons. The maximum Gasteiger partial charge on any atom is 0.317 e. The van der Waals surface area contributed by atoms with Gasteiger partial charge in [-0.05, 0) is 19.9 Å². The van der Waals surface area contributed by atoms with Gasteiger partial charge in [-0.1, -0.05) is 0 Å². The molecule has 5 heteroatoms. The lowest BCUT2D eigenvalue weighted by molar-refractivity contribution is -0.406. The molecule has 18 heavy (non-hydrogen) atoms. The van der Waals surface area contributed by atoms with E-state index < -0.39 is 4.92 Å². The first-order valence-electron chi connectivity index (χ1n) is 5.75. The molecule has 0 spiro atoms. The van der Waals surface area contributed by atoms with Crippen molar-refractivity contribution < 1.29 is 14.2 Å². The lowest BCUT2D eigenvalue weighted by atomic mass is 9.82. The van der Waals surface area contributed by atoms with Crippen LogP contribution in [0, 0.1) is 10.1 Å². The summed E-state index contributed by atoms with van der Waals surface area (Å²) in [6.07, 6.45) is 0. The van der Waals surface area contributed by atoms with Gasteiger partial charge in [-0.2, -0.15) is 0 Å². The zero-order valence-corrected chi connectivity index (χ0v) is 11.3. The van der Waals surface area contributed by atoms with Gasteiger partial charge in [0.1, 0.15) is 7.05 Å². The SMILES string of the molecule is COc1cc2c(cc1[N+](=O)[O-])[N+](C)=C(C)C2(C)C. The molecule has 1 aliphatic heterocycles. The number of hydrogen-bond acceptors (Lipinski definition) is 3. The van der Waals surface area contributed by atoms with Crippen LogP contribution in [0.15, 0.2) is 12.1 Å². The Labute approximate surface area is 106 Å². The summed E-state index contributed by atoms with van der Waals surface area (Å²) in [4.78, 5) is 10.6. The van der Waals surface area contributed by atoms with Crippen molar-refractivity contribution in [1.82, 2.24) is 0 Å². The first-order chi connectivity index (χ1) is 8.30. The van der Waals surface area contributed by atoms with Crippen LogP contribution in [0.1, 0.15) is 26.3 Å². The number of ether oxygens (including phenoxy) is 1. The molecule has 0 saturated carbocycles. The van der Waals surface area contributed by atoms with E-state index in [1.807, 2.05) is 18.5 Å². The topological polar surface area (TPSA) is 55.4 Å². The summed E-state index contributed by atoms with van der Waals surface area (Å²) in [5.74, 6) is 0.315. The molecular formula is C13H17N2O3+. The van der Waals surface area contributed by atoms with Gasteiger partial charge in [0.2, 0.25) is 5.69 Å². The van der Waals surface area contributed by atoms with E-state index in [2.05, 4.69) is 13.8 Å². The van der Waals surface area contributed by atoms with Crippen LogP contribution in [0.3, 0.4) is 0 Å². The Hall–Kier alpha value is -1.91. The van der Waals surface area contributed by atoms with Gasteiger partial charge in [-0.15, -0.1) is 0 Å². The van der Waals surface area contributed by atoms with Crippen LogP contribution in [-0.4, -0.2) is 29.4 Å². The van der Waals surface area contributed by atoms with E-state index in [0.717, 1.165) is 11.3 Å². The summed E-state index contributed by atoms with van der Waals surface area (Å²) in [5, 5.41) is 11.0. The summed E-state index contributed by atoms with van der Waals surface area (Å²) in [6.45, 7) is 6.25. The molecule has 1 aromatic rings. The number of benzene rings is 1. The zero-order valence-electron chi connectivity index (χ0n) is 11.3. The molecule has 0 unspecified atom stereocenters. The zero-order chi connectivity index (χ0) is 13.7. The van der Waals surface area contributed by atoms with Crippen molar-refractivity contribution in [1.29, 1.82) is 0 Å². The van der Waals surface area contributed by atoms with Gasteiger partial charge < -0.3 is 4.74 Å². The largest absolute Gasteiger partial charge is 0.490 e. The van der Waals surface area contributed by atoms with Crippen molar-refractivity contribution in [3.63, 3.8) is 0 Å². The van der Waals surface area contributed by atoms with E-state index in [0.29, 0.717) is 5.75 Å². The summed E-state index contributed by atoms with van der Waals surface area (Å²) < 4.78 is 7.13. The third kappa shape index (κ3) is 1.50. The molecule has 0 saturated heterocycles. The first kappa shape index (κ1) is 12.5. The molecule has 0 radical (unpaired) electrons. The Bertz CT molecular complexity index is 574. The van der Waals surface area contributed by atoms with Gasteiger partial charge in [-0.25, -0.2) is 4.58 Å². The molecule has 0 amide bonds. The van der Waals surface area contributed by atoms with Crippen molar-refractivity contribution in [2.45, 2.75) is 26.2 Å². The van der Waals surface area contributed by atoms with Crippen molar-refractivity contribution in [2.24, 2.45) is 0 Å². The van der Waals surface area contributed by atoms with E-state index in [9.17, 15) is 10.1 Å². The third-order valence-electron chi connectivity index (χ3n) is 3.94. The van der Waals surface area contributed by atoms with Crippen LogP contribution >= 0.6 is 0 Å². The predicted octanol–water partition coefficient (Wildman–Crippen LogP) is 2.63. The monoisotopic (exact) mass is 249 g/mol. The Balaban J connectivity index is 2.75. The number of nitrogens with zero attached hydrogens (tertiary/aromatic N) is 2. The Morgan fingerprint density at radius 1 is 1.39 bits per heavy atom. The van der Waals surface area contributed by atoms with Crippen LogP contribution in [-0.2, 0) is 5.41 Å². The van der Waals surface area contributed by atoms with Crippen LogP contribution in [0.2, 0.25) is 0 Å². The Morgan fingerprint density at radius 2 is 2.00 bits per heavy atom. The molecule has 0 N–H and O–H groups in total. The lowest BCUT2D eigenvalue weighted by Gasteiger charge is -2.15. The average Bonchev–Trinajstić information content (AvgIpc) is 2.49. The second-order valence-electron chi connectivity index (χ2n) is 5.07. The highest BCUT2D eigenvalue weighted by Gasteiger charge is 2.43. The molecule has 0 bridgehead atoms. The van der Waals surface area contributed by atoms with Gasteiger partial charge >= 0.3 is 5.69 Å². The van der Waals surface area contributed by atoms with Gasteiger partial charge in [0.15, 0.2) is 11.5 Å². The fourth-order valence-corrected chi connectivity index (χ4v) is 2.44. The molecule has 2 rings (SSSR count). The highest BCUT2D eigenvalue weighted by molar-refractivity contribution is 5.93. The normalized spacial score (nSPS) is 16.7. The molecule has 5 nitrogen and oxygen atoms in total. The molecule has 0 atom stereocenters. The Morgan fingerprint density at radius 3 is 2.50 bits per heavy atom. The number of methoxy groups -OCH3 is 1. The van der Waals surface area contributed by atoms with Crippen LogP contribution in [0.5, 0.6) is 5.75 Å². The van der Waals surface area contributed by atoms with E-state index >= 15 is 0 Å². The minimum Gasteiger partial charge on any atom is -0.490 e. The minimum absolute atomic E-state index is 0.00796. The van der Waals surface area contributed by atoms with E-state index in [1.54, 1.807) is 12.1 Å². The number of nitro groups is 1. The quantitative estimate of drug-likeness (QED) is 0.460. The number of hydrogen-bond donors (Lipinski definition) is 0. The standard InChI is InChI=1S/C13H17N2O3/c1-8-13(2,3)9-6-12(18-5)11(15(16)17)7-10(9)14(8)4/h6-7H,1-5H3/q+1. The smallest absolute Gasteiger partial charge is 0.317 e. The number of nitro benzene ring substituents is 1. The molecule has 1 aromatic carbocycles. The molecule has 0 aliphatic carbocycles. The van der Waals surface area contributed by atoms with Crippen LogP contribution in [0.25, 0.3) is 0 Å². The lowest BCUT2D eigenvalue weighted by Crippen LogP contribution is -2.25. The van der Waals surface area contributed by atoms with Crippen LogP contribution in [0.4, 0.5) is 11.4 Å². The highest BCUT2D eigenvalue weighted by atomic mass is 16.6. The minimum atomic E-state index is -0.409. The first-order valence-corrected chi connectivity index (χ1v) is 5.75. The summed E-state index contributed by atoms with van der Waals surface area (Å²) in [5.41, 5.74) is 2.98. The molecule has 0 fully saturated rings. The van der Waals surface area contributed by atoms with Gasteiger partial charge in [0.05, 0.1) is 23.5 Å². The van der Waals surface area contributed by atoms with Gasteiger partial charge in [0, 0.05) is 12.5 Å². The van der Waals surface area contributed by atoms with Crippen molar-refractivity contribution in [3.05, 3.63) is 27.8 Å². The molecular weight excluding hydrogens is 232 g/mol. The van der Waals surface area contributed by atoms with Crippen molar-refractivity contribution in [3.8, 4) is 5.75 Å². The molecule has 1 heterocycles. The van der Waals surface area contributed by atoms with Gasteiger partial charge in [0.25, 0.3) is 0 Å². The highest BCUT2D eigenvalue weighted by Crippen LogP contribution is 2.44. The predicted molar refractivity (Wildman–Crippen MR) is 69.2 cm³/mol. The van der Waals surface area contributed by atoms with Crippen LogP contribution < -0.4 is 4.74 Å². The number of rotatable bonds is 2. The maximum absolute atomic E-state index is 11.0. The van der Waals surface area contributed by atoms with E-state index in [-0.39, 0.29) is 11.1 Å². The Kier molecular flexibility index (Phi) is 2.65. The van der Waals surface area contributed by atoms with Gasteiger partial charge in [-0.3, -0.25) is 10.1 Å². The van der Waals surface area contributed by atoms with E-state index in [4.69, 9.17) is 4.74 Å². The average molecular weight is 249 g/mol. The van der Waals surface area contributed by atoms with Crippen molar-refractivity contribution in [2.75, 3.05) is 14.2 Å². The van der Waals surface area contributed by atoms with E-state index in [1.165, 1.54) is 12.8 Å².